The Morgan fingerprint density at radius 1 is 1.09 bits per heavy atom. The van der Waals surface area contributed by atoms with Crippen molar-refractivity contribution in [2.75, 3.05) is 23.3 Å². The maximum absolute atomic E-state index is 12.8. The maximum atomic E-state index is 12.8. The van der Waals surface area contributed by atoms with Crippen molar-refractivity contribution in [1.29, 1.82) is 5.26 Å². The van der Waals surface area contributed by atoms with Gasteiger partial charge in [-0.25, -0.2) is 9.97 Å². The van der Waals surface area contributed by atoms with Gasteiger partial charge in [-0.2, -0.15) is 5.26 Å². The van der Waals surface area contributed by atoms with Crippen LogP contribution in [0.3, 0.4) is 0 Å². The fraction of sp³-hybridized carbons (Fsp3) is 0.231. The lowest BCUT2D eigenvalue weighted by Crippen LogP contribution is -2.38. The summed E-state index contributed by atoms with van der Waals surface area (Å²) >= 11 is 1.72. The summed E-state index contributed by atoms with van der Waals surface area (Å²) in [7, 11) is 0. The Morgan fingerprint density at radius 2 is 1.88 bits per heavy atom. The third kappa shape index (κ3) is 4.86. The van der Waals surface area contributed by atoms with E-state index >= 15 is 0 Å². The smallest absolute Gasteiger partial charge is 0.227 e. The fourth-order valence-corrected chi connectivity index (χ4v) is 5.13. The summed E-state index contributed by atoms with van der Waals surface area (Å²) in [5.74, 6) is 0.917. The van der Waals surface area contributed by atoms with Gasteiger partial charge in [-0.05, 0) is 54.8 Å². The number of amides is 1. The molecule has 7 heteroatoms. The Hall–Kier alpha value is -3.76. The topological polar surface area (TPSA) is 81.9 Å². The predicted molar refractivity (Wildman–Crippen MR) is 131 cm³/mol. The minimum absolute atomic E-state index is 0.0120. The van der Waals surface area contributed by atoms with Gasteiger partial charge in [0.1, 0.15) is 11.9 Å². The number of nitrogens with one attached hydrogen (secondary N) is 1. The monoisotopic (exact) mass is 453 g/mol. The molecule has 0 unspecified atom stereocenters. The third-order valence-corrected chi connectivity index (χ3v) is 7.02. The van der Waals surface area contributed by atoms with Gasteiger partial charge in [-0.1, -0.05) is 24.3 Å². The molecule has 6 nitrogen and oxygen atoms in total. The number of hydrogen-bond donors (Lipinski definition) is 1. The summed E-state index contributed by atoms with van der Waals surface area (Å²) in [6, 6.07) is 22.0. The quantitative estimate of drug-likeness (QED) is 0.459. The molecule has 1 fully saturated rings. The lowest BCUT2D eigenvalue weighted by molar-refractivity contribution is -0.120. The van der Waals surface area contributed by atoms with Crippen LogP contribution in [0.5, 0.6) is 0 Å². The highest BCUT2D eigenvalue weighted by atomic mass is 32.1. The van der Waals surface area contributed by atoms with E-state index in [0.717, 1.165) is 54.4 Å². The lowest BCUT2D eigenvalue weighted by atomic mass is 9.95. The lowest BCUT2D eigenvalue weighted by Gasteiger charge is -2.32. The van der Waals surface area contributed by atoms with E-state index in [-0.39, 0.29) is 11.8 Å². The summed E-state index contributed by atoms with van der Waals surface area (Å²) < 4.78 is 1.21. The molecule has 0 radical (unpaired) electrons. The number of carbonyl (C=O) groups is 1. The van der Waals surface area contributed by atoms with Crippen LogP contribution < -0.4 is 10.2 Å². The number of rotatable bonds is 5. The van der Waals surface area contributed by atoms with E-state index in [0.29, 0.717) is 5.56 Å². The van der Waals surface area contributed by atoms with Crippen molar-refractivity contribution in [2.45, 2.75) is 19.3 Å². The molecule has 0 bridgehead atoms. The van der Waals surface area contributed by atoms with Crippen LogP contribution in [-0.4, -0.2) is 29.0 Å². The first-order valence-electron chi connectivity index (χ1n) is 11.0. The number of aromatic nitrogens is 2. The molecule has 5 rings (SSSR count). The molecule has 3 heterocycles. The van der Waals surface area contributed by atoms with Crippen LogP contribution in [0, 0.1) is 17.2 Å². The Balaban J connectivity index is 1.14. The first kappa shape index (κ1) is 21.1. The van der Waals surface area contributed by atoms with Crippen LogP contribution in [0.25, 0.3) is 10.2 Å². The highest BCUT2D eigenvalue weighted by Gasteiger charge is 2.25. The zero-order chi connectivity index (χ0) is 22.6. The molecule has 1 aliphatic rings. The number of fused-ring (bicyclic) bond motifs is 1. The number of anilines is 2. The SMILES string of the molecule is N#Cc1ccc(N2CCC(C(=O)Nc3ccc(Cc4nc5ccccc5s4)cc3)CC2)nc1. The minimum atomic E-state index is -0.0120. The summed E-state index contributed by atoms with van der Waals surface area (Å²) in [6.07, 6.45) is 3.94. The van der Waals surface area contributed by atoms with E-state index in [4.69, 9.17) is 10.2 Å². The second-order valence-corrected chi connectivity index (χ2v) is 9.33. The molecule has 1 aliphatic heterocycles. The van der Waals surface area contributed by atoms with Crippen LogP contribution in [0.15, 0.2) is 66.9 Å². The summed E-state index contributed by atoms with van der Waals surface area (Å²) in [5, 5.41) is 13.1. The normalized spacial score (nSPS) is 14.2. The zero-order valence-corrected chi connectivity index (χ0v) is 18.9. The second-order valence-electron chi connectivity index (χ2n) is 8.22. The van der Waals surface area contributed by atoms with Crippen LogP contribution in [-0.2, 0) is 11.2 Å². The van der Waals surface area contributed by atoms with Crippen molar-refractivity contribution in [1.82, 2.24) is 9.97 Å². The average molecular weight is 454 g/mol. The molecule has 1 amide bonds. The molecule has 33 heavy (non-hydrogen) atoms. The van der Waals surface area contributed by atoms with Crippen molar-refractivity contribution in [2.24, 2.45) is 5.92 Å². The highest BCUT2D eigenvalue weighted by molar-refractivity contribution is 7.18. The van der Waals surface area contributed by atoms with E-state index in [9.17, 15) is 4.79 Å². The summed E-state index contributed by atoms with van der Waals surface area (Å²) in [5.41, 5.74) is 3.60. The molecule has 2 aromatic carbocycles. The third-order valence-electron chi connectivity index (χ3n) is 5.98. The molecule has 0 spiro atoms. The second kappa shape index (κ2) is 9.39. The number of para-hydroxylation sites is 1. The van der Waals surface area contributed by atoms with Gasteiger partial charge in [0.25, 0.3) is 0 Å². The number of pyridine rings is 1. The number of thiazole rings is 1. The number of benzene rings is 2. The van der Waals surface area contributed by atoms with Gasteiger partial charge in [-0.3, -0.25) is 4.79 Å². The van der Waals surface area contributed by atoms with E-state index in [1.165, 1.54) is 10.3 Å². The molecule has 1 N–H and O–H groups in total. The summed E-state index contributed by atoms with van der Waals surface area (Å²) in [4.78, 5) is 24.0. The number of nitriles is 1. The summed E-state index contributed by atoms with van der Waals surface area (Å²) in [6.45, 7) is 1.55. The molecular formula is C26H23N5OS. The number of hydrogen-bond acceptors (Lipinski definition) is 6. The molecule has 164 valence electrons. The molecule has 2 aromatic heterocycles. The van der Waals surface area contributed by atoms with Gasteiger partial charge >= 0.3 is 0 Å². The Bertz CT molecular complexity index is 1270. The highest BCUT2D eigenvalue weighted by Crippen LogP contribution is 2.25. The van der Waals surface area contributed by atoms with Crippen molar-refractivity contribution in [3.8, 4) is 6.07 Å². The van der Waals surface area contributed by atoms with E-state index in [1.54, 1.807) is 23.6 Å². The fourth-order valence-electron chi connectivity index (χ4n) is 4.13. The van der Waals surface area contributed by atoms with Crippen molar-refractivity contribution in [3.63, 3.8) is 0 Å². The van der Waals surface area contributed by atoms with E-state index in [2.05, 4.69) is 39.5 Å². The number of nitrogens with zero attached hydrogens (tertiary/aromatic N) is 4. The Labute approximate surface area is 196 Å². The van der Waals surface area contributed by atoms with Crippen molar-refractivity contribution >= 4 is 39.0 Å². The van der Waals surface area contributed by atoms with Crippen molar-refractivity contribution in [3.05, 3.63) is 83.0 Å². The molecule has 0 saturated carbocycles. The van der Waals surface area contributed by atoms with Gasteiger partial charge in [0, 0.05) is 37.3 Å². The van der Waals surface area contributed by atoms with Gasteiger partial charge in [-0.15, -0.1) is 11.3 Å². The number of carbonyl (C=O) groups excluding carboxylic acids is 1. The maximum Gasteiger partial charge on any atom is 0.227 e. The molecular weight excluding hydrogens is 430 g/mol. The standard InChI is InChI=1S/C26H23N5OS/c27-16-19-7-10-24(28-17-19)31-13-11-20(12-14-31)26(32)29-21-8-5-18(6-9-21)15-25-30-22-3-1-2-4-23(22)33-25/h1-10,17,20H,11-15H2,(H,29,32). The van der Waals surface area contributed by atoms with Crippen molar-refractivity contribution < 1.29 is 4.79 Å². The van der Waals surface area contributed by atoms with E-state index in [1.807, 2.05) is 36.4 Å². The first-order valence-corrected chi connectivity index (χ1v) is 11.8. The van der Waals surface area contributed by atoms with E-state index < -0.39 is 0 Å². The predicted octanol–water partition coefficient (Wildman–Crippen LogP) is 5.01. The Kier molecular flexibility index (Phi) is 6.01. The molecule has 0 aliphatic carbocycles. The molecule has 4 aromatic rings. The Morgan fingerprint density at radius 3 is 2.58 bits per heavy atom. The minimum Gasteiger partial charge on any atom is -0.357 e. The zero-order valence-electron chi connectivity index (χ0n) is 18.1. The van der Waals surface area contributed by atoms with Gasteiger partial charge in [0.15, 0.2) is 0 Å². The number of piperidine rings is 1. The largest absolute Gasteiger partial charge is 0.357 e. The van der Waals surface area contributed by atoms with Crippen LogP contribution >= 0.6 is 11.3 Å². The average Bonchev–Trinajstić information content (AvgIpc) is 3.28. The first-order chi connectivity index (χ1) is 16.2. The van der Waals surface area contributed by atoms with Crippen LogP contribution in [0.2, 0.25) is 0 Å². The van der Waals surface area contributed by atoms with Crippen LogP contribution in [0.1, 0.15) is 29.0 Å². The van der Waals surface area contributed by atoms with Crippen LogP contribution in [0.4, 0.5) is 11.5 Å². The van der Waals surface area contributed by atoms with Gasteiger partial charge in [0.2, 0.25) is 5.91 Å². The van der Waals surface area contributed by atoms with Gasteiger partial charge < -0.3 is 10.2 Å². The molecule has 0 atom stereocenters. The van der Waals surface area contributed by atoms with Gasteiger partial charge in [0.05, 0.1) is 20.8 Å². The molecule has 1 saturated heterocycles.